The molecule has 2 unspecified atom stereocenters. The molecule has 2 heterocycles. The summed E-state index contributed by atoms with van der Waals surface area (Å²) in [6.07, 6.45) is 5.35. The molecule has 0 bridgehead atoms. The SMILES string of the molecule is CN1CCCC2(CCNCC2c2ccc(Cl)cc2)CC1. The minimum atomic E-state index is 0.490. The Bertz CT molecular complexity index is 445. The van der Waals surface area contributed by atoms with E-state index in [1.165, 1.54) is 50.9 Å². The molecule has 2 atom stereocenters. The Balaban J connectivity index is 1.88. The van der Waals surface area contributed by atoms with Gasteiger partial charge in [0, 0.05) is 17.5 Å². The van der Waals surface area contributed by atoms with Crippen LogP contribution in [0.1, 0.15) is 37.2 Å². The van der Waals surface area contributed by atoms with Crippen LogP contribution in [0.15, 0.2) is 24.3 Å². The van der Waals surface area contributed by atoms with Crippen LogP contribution >= 0.6 is 11.6 Å². The third-order valence-corrected chi connectivity index (χ3v) is 5.62. The summed E-state index contributed by atoms with van der Waals surface area (Å²) in [6.45, 7) is 4.78. The van der Waals surface area contributed by atoms with Crippen molar-refractivity contribution in [3.63, 3.8) is 0 Å². The van der Waals surface area contributed by atoms with Gasteiger partial charge in [-0.2, -0.15) is 0 Å². The van der Waals surface area contributed by atoms with Crippen molar-refractivity contribution >= 4 is 11.6 Å². The van der Waals surface area contributed by atoms with Gasteiger partial charge in [-0.3, -0.25) is 0 Å². The molecular formula is C17H25ClN2. The summed E-state index contributed by atoms with van der Waals surface area (Å²) in [5.41, 5.74) is 1.95. The summed E-state index contributed by atoms with van der Waals surface area (Å²) in [5, 5.41) is 4.44. The van der Waals surface area contributed by atoms with E-state index >= 15 is 0 Å². The number of hydrogen-bond acceptors (Lipinski definition) is 2. The maximum absolute atomic E-state index is 6.05. The third-order valence-electron chi connectivity index (χ3n) is 5.37. The first-order chi connectivity index (χ1) is 9.70. The topological polar surface area (TPSA) is 15.3 Å². The molecule has 1 aromatic carbocycles. The van der Waals surface area contributed by atoms with Crippen LogP contribution in [0.5, 0.6) is 0 Å². The van der Waals surface area contributed by atoms with Gasteiger partial charge < -0.3 is 10.2 Å². The van der Waals surface area contributed by atoms with E-state index in [4.69, 9.17) is 11.6 Å². The molecule has 1 aromatic rings. The lowest BCUT2D eigenvalue weighted by Gasteiger charge is -2.45. The number of halogens is 1. The molecule has 0 saturated carbocycles. The number of nitrogens with one attached hydrogen (secondary N) is 1. The zero-order valence-electron chi connectivity index (χ0n) is 12.4. The summed E-state index contributed by atoms with van der Waals surface area (Å²) in [6, 6.07) is 8.55. The van der Waals surface area contributed by atoms with E-state index in [0.717, 1.165) is 11.6 Å². The second-order valence-electron chi connectivity index (χ2n) is 6.58. The summed E-state index contributed by atoms with van der Waals surface area (Å²) >= 11 is 6.05. The third kappa shape index (κ3) is 2.88. The fourth-order valence-electron chi connectivity index (χ4n) is 4.09. The lowest BCUT2D eigenvalue weighted by molar-refractivity contribution is 0.137. The van der Waals surface area contributed by atoms with Crippen molar-refractivity contribution in [1.82, 2.24) is 10.2 Å². The quantitative estimate of drug-likeness (QED) is 0.852. The van der Waals surface area contributed by atoms with E-state index in [-0.39, 0.29) is 0 Å². The molecule has 20 heavy (non-hydrogen) atoms. The zero-order valence-corrected chi connectivity index (χ0v) is 13.1. The highest BCUT2D eigenvalue weighted by atomic mass is 35.5. The maximum atomic E-state index is 6.05. The van der Waals surface area contributed by atoms with Crippen LogP contribution in [0.2, 0.25) is 5.02 Å². The molecule has 0 radical (unpaired) electrons. The Morgan fingerprint density at radius 2 is 1.95 bits per heavy atom. The molecule has 2 nitrogen and oxygen atoms in total. The van der Waals surface area contributed by atoms with E-state index < -0.39 is 0 Å². The zero-order chi connectivity index (χ0) is 14.0. The fourth-order valence-corrected chi connectivity index (χ4v) is 4.22. The van der Waals surface area contributed by atoms with Gasteiger partial charge in [0.25, 0.3) is 0 Å². The lowest BCUT2D eigenvalue weighted by atomic mass is 9.64. The Morgan fingerprint density at radius 1 is 1.15 bits per heavy atom. The number of rotatable bonds is 1. The van der Waals surface area contributed by atoms with Gasteiger partial charge in [-0.05, 0) is 75.5 Å². The van der Waals surface area contributed by atoms with Gasteiger partial charge in [-0.1, -0.05) is 23.7 Å². The van der Waals surface area contributed by atoms with Crippen LogP contribution < -0.4 is 5.32 Å². The molecule has 3 rings (SSSR count). The Labute approximate surface area is 127 Å². The van der Waals surface area contributed by atoms with Gasteiger partial charge in [-0.25, -0.2) is 0 Å². The Morgan fingerprint density at radius 3 is 2.75 bits per heavy atom. The molecule has 2 fully saturated rings. The summed E-state index contributed by atoms with van der Waals surface area (Å²) in [5.74, 6) is 0.639. The number of likely N-dealkylation sites (tertiary alicyclic amines) is 1. The number of piperidine rings is 1. The first kappa shape index (κ1) is 14.4. The first-order valence-corrected chi connectivity index (χ1v) is 8.22. The number of nitrogens with zero attached hydrogens (tertiary/aromatic N) is 1. The van der Waals surface area contributed by atoms with Gasteiger partial charge in [0.15, 0.2) is 0 Å². The second-order valence-corrected chi connectivity index (χ2v) is 7.01. The van der Waals surface area contributed by atoms with E-state index in [1.54, 1.807) is 0 Å². The van der Waals surface area contributed by atoms with Crippen molar-refractivity contribution < 1.29 is 0 Å². The van der Waals surface area contributed by atoms with Gasteiger partial charge >= 0.3 is 0 Å². The standard InChI is InChI=1S/C17H25ClN2/c1-20-11-2-7-17(9-12-20)8-10-19-13-16(17)14-3-5-15(18)6-4-14/h3-6,16,19H,2,7-13H2,1H3. The molecule has 1 spiro atoms. The van der Waals surface area contributed by atoms with E-state index in [9.17, 15) is 0 Å². The van der Waals surface area contributed by atoms with Crippen molar-refractivity contribution in [3.8, 4) is 0 Å². The highest BCUT2D eigenvalue weighted by Crippen LogP contribution is 2.48. The average molecular weight is 293 g/mol. The smallest absolute Gasteiger partial charge is 0.0406 e. The number of benzene rings is 1. The van der Waals surface area contributed by atoms with Crippen molar-refractivity contribution in [2.24, 2.45) is 5.41 Å². The van der Waals surface area contributed by atoms with Crippen LogP contribution in [0.4, 0.5) is 0 Å². The highest BCUT2D eigenvalue weighted by molar-refractivity contribution is 6.30. The minimum absolute atomic E-state index is 0.490. The fraction of sp³-hybridized carbons (Fsp3) is 0.647. The average Bonchev–Trinajstić information content (AvgIpc) is 2.64. The van der Waals surface area contributed by atoms with Gasteiger partial charge in [-0.15, -0.1) is 0 Å². The van der Waals surface area contributed by atoms with E-state index in [1.807, 2.05) is 12.1 Å². The largest absolute Gasteiger partial charge is 0.316 e. The van der Waals surface area contributed by atoms with Crippen molar-refractivity contribution in [2.75, 3.05) is 33.2 Å². The second kappa shape index (κ2) is 6.05. The van der Waals surface area contributed by atoms with E-state index in [0.29, 0.717) is 11.3 Å². The van der Waals surface area contributed by atoms with Crippen molar-refractivity contribution in [1.29, 1.82) is 0 Å². The van der Waals surface area contributed by atoms with Crippen LogP contribution in [-0.4, -0.2) is 38.1 Å². The summed E-state index contributed by atoms with van der Waals surface area (Å²) in [4.78, 5) is 2.50. The molecule has 110 valence electrons. The van der Waals surface area contributed by atoms with Crippen LogP contribution in [0, 0.1) is 5.41 Å². The normalized spacial score (nSPS) is 32.2. The summed E-state index contributed by atoms with van der Waals surface area (Å²) in [7, 11) is 2.26. The predicted molar refractivity (Wildman–Crippen MR) is 85.5 cm³/mol. The van der Waals surface area contributed by atoms with Gasteiger partial charge in [0.05, 0.1) is 0 Å². The molecule has 0 aliphatic carbocycles. The molecule has 2 aliphatic rings. The lowest BCUT2D eigenvalue weighted by Crippen LogP contribution is -2.44. The minimum Gasteiger partial charge on any atom is -0.316 e. The van der Waals surface area contributed by atoms with Crippen LogP contribution in [0.3, 0.4) is 0 Å². The van der Waals surface area contributed by atoms with Gasteiger partial charge in [0.2, 0.25) is 0 Å². The first-order valence-electron chi connectivity index (χ1n) is 7.84. The maximum Gasteiger partial charge on any atom is 0.0406 e. The van der Waals surface area contributed by atoms with Crippen molar-refractivity contribution in [3.05, 3.63) is 34.9 Å². The molecular weight excluding hydrogens is 268 g/mol. The Hall–Kier alpha value is -0.570. The van der Waals surface area contributed by atoms with E-state index in [2.05, 4.69) is 29.4 Å². The monoisotopic (exact) mass is 292 g/mol. The molecule has 0 aromatic heterocycles. The Kier molecular flexibility index (Phi) is 4.34. The van der Waals surface area contributed by atoms with Crippen molar-refractivity contribution in [2.45, 2.75) is 31.6 Å². The predicted octanol–water partition coefficient (Wildman–Crippen LogP) is 3.52. The number of hydrogen-bond donors (Lipinski definition) is 1. The molecule has 1 N–H and O–H groups in total. The van der Waals surface area contributed by atoms with Crippen LogP contribution in [-0.2, 0) is 0 Å². The highest BCUT2D eigenvalue weighted by Gasteiger charge is 2.41. The molecule has 0 amide bonds. The van der Waals surface area contributed by atoms with Gasteiger partial charge in [0.1, 0.15) is 0 Å². The summed E-state index contributed by atoms with van der Waals surface area (Å²) < 4.78 is 0. The molecule has 2 aliphatic heterocycles. The molecule has 3 heteroatoms. The molecule has 2 saturated heterocycles. The van der Waals surface area contributed by atoms with Crippen LogP contribution in [0.25, 0.3) is 0 Å².